The van der Waals surface area contributed by atoms with E-state index in [4.69, 9.17) is 5.73 Å². The number of anilines is 1. The minimum atomic E-state index is -0.444. The number of carbonyl (C=O) groups is 2. The Hall–Kier alpha value is -2.82. The molecule has 21 heavy (non-hydrogen) atoms. The molecule has 1 amide bonds. The summed E-state index contributed by atoms with van der Waals surface area (Å²) in [6.07, 6.45) is 0. The van der Waals surface area contributed by atoms with E-state index in [2.05, 4.69) is 10.1 Å². The number of amides is 1. The highest BCUT2D eigenvalue weighted by Crippen LogP contribution is 2.13. The number of nitrogens with two attached hydrogens (primary N) is 1. The second-order valence-corrected chi connectivity index (χ2v) is 4.49. The van der Waals surface area contributed by atoms with Crippen molar-refractivity contribution < 1.29 is 14.3 Å². The summed E-state index contributed by atoms with van der Waals surface area (Å²) < 4.78 is 4.68. The quantitative estimate of drug-likeness (QED) is 0.825. The largest absolute Gasteiger partial charge is 0.465 e. The molecule has 0 atom stereocenters. The smallest absolute Gasteiger partial charge is 0.337 e. The standard InChI is InChI=1S/C16H16N2O3/c1-21-16(20)13-3-2-4-14(9-13)18-10-11-5-7-12(8-6-11)15(17)19/h2-9,18H,10H2,1H3,(H2,17,19). The van der Waals surface area contributed by atoms with Crippen LogP contribution in [0.25, 0.3) is 0 Å². The third kappa shape index (κ3) is 3.82. The van der Waals surface area contributed by atoms with Crippen LogP contribution >= 0.6 is 0 Å². The number of primary amides is 1. The van der Waals surface area contributed by atoms with Crippen molar-refractivity contribution in [3.63, 3.8) is 0 Å². The molecule has 5 heteroatoms. The maximum absolute atomic E-state index is 11.4. The number of carbonyl (C=O) groups excluding carboxylic acids is 2. The Kier molecular flexibility index (Phi) is 4.56. The summed E-state index contributed by atoms with van der Waals surface area (Å²) in [7, 11) is 1.35. The fraction of sp³-hybridized carbons (Fsp3) is 0.125. The highest BCUT2D eigenvalue weighted by Gasteiger charge is 2.05. The first-order chi connectivity index (χ1) is 10.1. The highest BCUT2D eigenvalue weighted by atomic mass is 16.5. The number of rotatable bonds is 5. The van der Waals surface area contributed by atoms with E-state index in [9.17, 15) is 9.59 Å². The second kappa shape index (κ2) is 6.56. The number of ether oxygens (including phenoxy) is 1. The van der Waals surface area contributed by atoms with Crippen molar-refractivity contribution in [2.75, 3.05) is 12.4 Å². The van der Waals surface area contributed by atoms with Gasteiger partial charge in [0.25, 0.3) is 0 Å². The molecule has 0 spiro atoms. The lowest BCUT2D eigenvalue weighted by Crippen LogP contribution is -2.10. The number of methoxy groups -OCH3 is 1. The summed E-state index contributed by atoms with van der Waals surface area (Å²) in [6, 6.07) is 14.1. The van der Waals surface area contributed by atoms with E-state index in [0.717, 1.165) is 11.3 Å². The van der Waals surface area contributed by atoms with Crippen molar-refractivity contribution in [1.29, 1.82) is 0 Å². The van der Waals surface area contributed by atoms with E-state index in [1.165, 1.54) is 7.11 Å². The van der Waals surface area contributed by atoms with Crippen LogP contribution in [0.2, 0.25) is 0 Å². The number of hydrogen-bond donors (Lipinski definition) is 2. The van der Waals surface area contributed by atoms with Crippen molar-refractivity contribution >= 4 is 17.6 Å². The van der Waals surface area contributed by atoms with Gasteiger partial charge >= 0.3 is 5.97 Å². The molecule has 2 rings (SSSR count). The Bertz CT molecular complexity index is 651. The highest BCUT2D eigenvalue weighted by molar-refractivity contribution is 5.92. The molecule has 0 heterocycles. The molecule has 0 aliphatic heterocycles. The molecule has 0 saturated carbocycles. The number of benzene rings is 2. The zero-order valence-electron chi connectivity index (χ0n) is 11.6. The van der Waals surface area contributed by atoms with Crippen LogP contribution in [0.15, 0.2) is 48.5 Å². The third-order valence-electron chi connectivity index (χ3n) is 3.02. The predicted octanol–water partition coefficient (Wildman–Crippen LogP) is 2.18. The minimum Gasteiger partial charge on any atom is -0.465 e. The van der Waals surface area contributed by atoms with Gasteiger partial charge in [0.15, 0.2) is 0 Å². The number of esters is 1. The molecule has 108 valence electrons. The van der Waals surface area contributed by atoms with Gasteiger partial charge in [-0.1, -0.05) is 18.2 Å². The van der Waals surface area contributed by atoms with Gasteiger partial charge in [0, 0.05) is 17.8 Å². The van der Waals surface area contributed by atoms with Crippen molar-refractivity contribution in [2.24, 2.45) is 5.73 Å². The molecule has 0 aromatic heterocycles. The average molecular weight is 284 g/mol. The maximum Gasteiger partial charge on any atom is 0.337 e. The van der Waals surface area contributed by atoms with Crippen LogP contribution < -0.4 is 11.1 Å². The monoisotopic (exact) mass is 284 g/mol. The third-order valence-corrected chi connectivity index (χ3v) is 3.02. The van der Waals surface area contributed by atoms with Crippen LogP contribution in [0.1, 0.15) is 26.3 Å². The van der Waals surface area contributed by atoms with Gasteiger partial charge < -0.3 is 15.8 Å². The van der Waals surface area contributed by atoms with Crippen molar-refractivity contribution in [3.8, 4) is 0 Å². The van der Waals surface area contributed by atoms with Gasteiger partial charge in [0.05, 0.1) is 12.7 Å². The molecule has 0 aliphatic carbocycles. The maximum atomic E-state index is 11.4. The predicted molar refractivity (Wildman–Crippen MR) is 80.1 cm³/mol. The van der Waals surface area contributed by atoms with Crippen LogP contribution in [-0.2, 0) is 11.3 Å². The van der Waals surface area contributed by atoms with E-state index in [1.54, 1.807) is 30.3 Å². The summed E-state index contributed by atoms with van der Waals surface area (Å²) >= 11 is 0. The van der Waals surface area contributed by atoms with Crippen LogP contribution in [-0.4, -0.2) is 19.0 Å². The van der Waals surface area contributed by atoms with Gasteiger partial charge in [0.2, 0.25) is 5.91 Å². The van der Waals surface area contributed by atoms with Gasteiger partial charge in [-0.15, -0.1) is 0 Å². The number of hydrogen-bond acceptors (Lipinski definition) is 4. The molecule has 0 aliphatic rings. The normalized spacial score (nSPS) is 9.95. The van der Waals surface area contributed by atoms with Gasteiger partial charge in [0.1, 0.15) is 0 Å². The van der Waals surface area contributed by atoms with Crippen molar-refractivity contribution in [3.05, 3.63) is 65.2 Å². The Morgan fingerprint density at radius 1 is 1.10 bits per heavy atom. The van der Waals surface area contributed by atoms with Gasteiger partial charge in [-0.25, -0.2) is 4.79 Å². The molecule has 0 fully saturated rings. The lowest BCUT2D eigenvalue weighted by Gasteiger charge is -2.08. The van der Waals surface area contributed by atoms with Crippen molar-refractivity contribution in [2.45, 2.75) is 6.54 Å². The second-order valence-electron chi connectivity index (χ2n) is 4.49. The molecule has 0 saturated heterocycles. The minimum absolute atomic E-state index is 0.371. The molecular weight excluding hydrogens is 268 g/mol. The zero-order chi connectivity index (χ0) is 15.2. The van der Waals surface area contributed by atoms with E-state index in [0.29, 0.717) is 17.7 Å². The fourth-order valence-corrected chi connectivity index (χ4v) is 1.86. The number of nitrogens with one attached hydrogen (secondary N) is 1. The van der Waals surface area contributed by atoms with Crippen molar-refractivity contribution in [1.82, 2.24) is 0 Å². The average Bonchev–Trinajstić information content (AvgIpc) is 2.52. The molecular formula is C16H16N2O3. The lowest BCUT2D eigenvalue weighted by atomic mass is 10.1. The van der Waals surface area contributed by atoms with E-state index in [-0.39, 0.29) is 5.97 Å². The van der Waals surface area contributed by atoms with Gasteiger partial charge in [-0.2, -0.15) is 0 Å². The summed E-state index contributed by atoms with van der Waals surface area (Å²) in [5.74, 6) is -0.815. The summed E-state index contributed by atoms with van der Waals surface area (Å²) in [4.78, 5) is 22.4. The van der Waals surface area contributed by atoms with Crippen LogP contribution in [0.4, 0.5) is 5.69 Å². The molecule has 2 aromatic rings. The Balaban J connectivity index is 2.02. The zero-order valence-corrected chi connectivity index (χ0v) is 11.6. The first kappa shape index (κ1) is 14.6. The molecule has 3 N–H and O–H groups in total. The van der Waals surface area contributed by atoms with Crippen LogP contribution in [0.5, 0.6) is 0 Å². The first-order valence-corrected chi connectivity index (χ1v) is 6.41. The van der Waals surface area contributed by atoms with E-state index < -0.39 is 5.91 Å². The van der Waals surface area contributed by atoms with Gasteiger partial charge in [-0.3, -0.25) is 4.79 Å². The molecule has 5 nitrogen and oxygen atoms in total. The topological polar surface area (TPSA) is 81.4 Å². The Morgan fingerprint density at radius 3 is 2.43 bits per heavy atom. The Morgan fingerprint density at radius 2 is 1.81 bits per heavy atom. The summed E-state index contributed by atoms with van der Waals surface area (Å²) in [5.41, 5.74) is 7.98. The summed E-state index contributed by atoms with van der Waals surface area (Å²) in [6.45, 7) is 0.573. The van der Waals surface area contributed by atoms with Gasteiger partial charge in [-0.05, 0) is 35.9 Å². The van der Waals surface area contributed by atoms with E-state index >= 15 is 0 Å². The first-order valence-electron chi connectivity index (χ1n) is 6.41. The van der Waals surface area contributed by atoms with Crippen LogP contribution in [0, 0.1) is 0 Å². The van der Waals surface area contributed by atoms with Crippen LogP contribution in [0.3, 0.4) is 0 Å². The molecule has 0 radical (unpaired) electrons. The summed E-state index contributed by atoms with van der Waals surface area (Å²) in [5, 5.41) is 3.21. The lowest BCUT2D eigenvalue weighted by molar-refractivity contribution is 0.0600. The van der Waals surface area contributed by atoms with E-state index in [1.807, 2.05) is 18.2 Å². The fourth-order valence-electron chi connectivity index (χ4n) is 1.86. The molecule has 2 aromatic carbocycles. The molecule has 0 unspecified atom stereocenters. The Labute approximate surface area is 122 Å². The SMILES string of the molecule is COC(=O)c1cccc(NCc2ccc(C(N)=O)cc2)c1. The molecule has 0 bridgehead atoms.